The van der Waals surface area contributed by atoms with Gasteiger partial charge in [0.05, 0.1) is 18.1 Å². The lowest BCUT2D eigenvalue weighted by molar-refractivity contribution is -0.138. The van der Waals surface area contributed by atoms with Crippen molar-refractivity contribution >= 4 is 40.8 Å². The van der Waals surface area contributed by atoms with Crippen molar-refractivity contribution in [3.05, 3.63) is 27.2 Å². The van der Waals surface area contributed by atoms with E-state index in [1.54, 1.807) is 4.90 Å². The topological polar surface area (TPSA) is 46.6 Å². The number of fused-ring (bicyclic) bond motifs is 1. The van der Waals surface area contributed by atoms with Gasteiger partial charge in [0.25, 0.3) is 0 Å². The van der Waals surface area contributed by atoms with Crippen molar-refractivity contribution in [3.8, 4) is 0 Å². The predicted octanol–water partition coefficient (Wildman–Crippen LogP) is 3.53. The van der Waals surface area contributed by atoms with Crippen LogP contribution in [0.3, 0.4) is 0 Å². The maximum absolute atomic E-state index is 12.6. The number of hydrogen-bond acceptors (Lipinski definition) is 3. The van der Waals surface area contributed by atoms with Gasteiger partial charge in [0, 0.05) is 29.6 Å². The first-order valence-corrected chi connectivity index (χ1v) is 8.16. The zero-order valence-corrected chi connectivity index (χ0v) is 13.8. The Morgan fingerprint density at radius 1 is 1.45 bits per heavy atom. The third kappa shape index (κ3) is 2.82. The molecule has 1 amide bonds. The zero-order valence-electron chi connectivity index (χ0n) is 12.3. The van der Waals surface area contributed by atoms with Crippen LogP contribution in [-0.2, 0) is 20.7 Å². The molecule has 22 heavy (non-hydrogen) atoms. The lowest BCUT2D eigenvalue weighted by Crippen LogP contribution is -2.36. The van der Waals surface area contributed by atoms with Crippen LogP contribution in [0.5, 0.6) is 0 Å². The van der Waals surface area contributed by atoms with Crippen LogP contribution >= 0.6 is 23.2 Å². The molecule has 1 aromatic rings. The van der Waals surface area contributed by atoms with Crippen LogP contribution in [0.1, 0.15) is 30.4 Å². The summed E-state index contributed by atoms with van der Waals surface area (Å²) in [4.78, 5) is 25.5. The van der Waals surface area contributed by atoms with E-state index in [0.717, 1.165) is 29.7 Å². The average Bonchev–Trinajstić information content (AvgIpc) is 2.89. The third-order valence-electron chi connectivity index (χ3n) is 4.32. The van der Waals surface area contributed by atoms with E-state index in [2.05, 4.69) is 0 Å². The lowest BCUT2D eigenvalue weighted by atomic mass is 9.97. The van der Waals surface area contributed by atoms with E-state index < -0.39 is 0 Å². The highest BCUT2D eigenvalue weighted by atomic mass is 35.5. The van der Waals surface area contributed by atoms with Gasteiger partial charge < -0.3 is 9.64 Å². The number of ether oxygens (including phenoxy) is 1. The second-order valence-corrected chi connectivity index (χ2v) is 6.69. The molecule has 4 nitrogen and oxygen atoms in total. The molecule has 2 heterocycles. The minimum absolute atomic E-state index is 0.000219. The Morgan fingerprint density at radius 3 is 2.91 bits per heavy atom. The van der Waals surface area contributed by atoms with Crippen LogP contribution in [0.25, 0.3) is 0 Å². The molecule has 2 aliphatic heterocycles. The molecular formula is C16H17Cl2NO3. The number of carbonyl (C=O) groups excluding carboxylic acids is 2. The van der Waals surface area contributed by atoms with Crippen molar-refractivity contribution in [1.29, 1.82) is 0 Å². The largest absolute Gasteiger partial charge is 0.465 e. The number of carbonyl (C=O) groups is 2. The lowest BCUT2D eigenvalue weighted by Gasteiger charge is -2.31. The summed E-state index contributed by atoms with van der Waals surface area (Å²) in [5.74, 6) is -0.249. The van der Waals surface area contributed by atoms with Gasteiger partial charge in [-0.1, -0.05) is 23.2 Å². The summed E-state index contributed by atoms with van der Waals surface area (Å²) >= 11 is 12.6. The standard InChI is InChI=1S/C16H17Cl2NO3/c1-9-12(17)7-13-11(16(9)18)3-2-4-19(13)14(20)5-10-6-15(21)22-8-10/h7,10H,2-6,8H2,1H3/t10-/m0/s1. The van der Waals surface area contributed by atoms with Crippen molar-refractivity contribution in [2.45, 2.75) is 32.6 Å². The molecule has 1 saturated heterocycles. The fraction of sp³-hybridized carbons (Fsp3) is 0.500. The summed E-state index contributed by atoms with van der Waals surface area (Å²) < 4.78 is 4.93. The molecule has 0 bridgehead atoms. The first-order valence-electron chi connectivity index (χ1n) is 7.41. The number of benzene rings is 1. The van der Waals surface area contributed by atoms with Crippen LogP contribution < -0.4 is 4.90 Å². The first-order chi connectivity index (χ1) is 10.5. The van der Waals surface area contributed by atoms with Gasteiger partial charge in [-0.15, -0.1) is 0 Å². The molecule has 2 aliphatic rings. The summed E-state index contributed by atoms with van der Waals surface area (Å²) in [6.07, 6.45) is 2.36. The summed E-state index contributed by atoms with van der Waals surface area (Å²) in [6, 6.07) is 1.82. The summed E-state index contributed by atoms with van der Waals surface area (Å²) in [5.41, 5.74) is 2.65. The quantitative estimate of drug-likeness (QED) is 0.773. The third-order valence-corrected chi connectivity index (χ3v) is 5.23. The van der Waals surface area contributed by atoms with E-state index in [1.807, 2.05) is 13.0 Å². The molecule has 118 valence electrons. The van der Waals surface area contributed by atoms with E-state index in [1.165, 1.54) is 0 Å². The molecule has 0 unspecified atom stereocenters. The fourth-order valence-corrected chi connectivity index (χ4v) is 3.62. The van der Waals surface area contributed by atoms with Gasteiger partial charge in [-0.3, -0.25) is 9.59 Å². The molecule has 1 aromatic carbocycles. The highest BCUT2D eigenvalue weighted by molar-refractivity contribution is 6.37. The number of amides is 1. The minimum Gasteiger partial charge on any atom is -0.465 e. The number of cyclic esters (lactones) is 1. The van der Waals surface area contributed by atoms with Crippen molar-refractivity contribution in [1.82, 2.24) is 0 Å². The summed E-state index contributed by atoms with van der Waals surface area (Å²) in [7, 11) is 0. The van der Waals surface area contributed by atoms with E-state index >= 15 is 0 Å². The number of halogens is 2. The SMILES string of the molecule is Cc1c(Cl)cc2c(c1Cl)CCCN2C(=O)C[C@@H]1COC(=O)C1. The maximum atomic E-state index is 12.6. The van der Waals surface area contributed by atoms with E-state index in [0.29, 0.717) is 36.0 Å². The Balaban J connectivity index is 1.85. The molecule has 0 radical (unpaired) electrons. The first kappa shape index (κ1) is 15.6. The van der Waals surface area contributed by atoms with Crippen LogP contribution in [0, 0.1) is 12.8 Å². The number of rotatable bonds is 2. The normalized spacial score (nSPS) is 20.8. The summed E-state index contributed by atoms with van der Waals surface area (Å²) in [5, 5.41) is 1.22. The molecule has 0 aliphatic carbocycles. The molecule has 1 atom stereocenters. The van der Waals surface area contributed by atoms with Gasteiger partial charge in [0.15, 0.2) is 0 Å². The van der Waals surface area contributed by atoms with Gasteiger partial charge in [0.2, 0.25) is 5.91 Å². The van der Waals surface area contributed by atoms with E-state index in [9.17, 15) is 9.59 Å². The molecule has 0 saturated carbocycles. The second kappa shape index (κ2) is 6.09. The zero-order chi connectivity index (χ0) is 15.9. The second-order valence-electron chi connectivity index (χ2n) is 5.90. The average molecular weight is 342 g/mol. The Kier molecular flexibility index (Phi) is 4.33. The number of esters is 1. The van der Waals surface area contributed by atoms with Crippen molar-refractivity contribution in [2.75, 3.05) is 18.1 Å². The number of anilines is 1. The van der Waals surface area contributed by atoms with Crippen LogP contribution in [0.2, 0.25) is 10.0 Å². The monoisotopic (exact) mass is 341 g/mol. The smallest absolute Gasteiger partial charge is 0.306 e. The number of hydrogen-bond donors (Lipinski definition) is 0. The van der Waals surface area contributed by atoms with Gasteiger partial charge in [0.1, 0.15) is 0 Å². The number of nitrogens with zero attached hydrogens (tertiary/aromatic N) is 1. The molecule has 0 N–H and O–H groups in total. The molecule has 0 spiro atoms. The molecule has 0 aromatic heterocycles. The van der Waals surface area contributed by atoms with Crippen LogP contribution in [0.4, 0.5) is 5.69 Å². The van der Waals surface area contributed by atoms with Gasteiger partial charge in [-0.25, -0.2) is 0 Å². The molecule has 6 heteroatoms. The van der Waals surface area contributed by atoms with E-state index in [4.69, 9.17) is 27.9 Å². The predicted molar refractivity (Wildman–Crippen MR) is 85.6 cm³/mol. The van der Waals surface area contributed by atoms with Crippen LogP contribution in [0.15, 0.2) is 6.07 Å². The van der Waals surface area contributed by atoms with Crippen molar-refractivity contribution < 1.29 is 14.3 Å². The van der Waals surface area contributed by atoms with Gasteiger partial charge >= 0.3 is 5.97 Å². The van der Waals surface area contributed by atoms with Gasteiger partial charge in [-0.05, 0) is 37.0 Å². The van der Waals surface area contributed by atoms with Crippen molar-refractivity contribution in [2.24, 2.45) is 5.92 Å². The maximum Gasteiger partial charge on any atom is 0.306 e. The Morgan fingerprint density at radius 2 is 2.23 bits per heavy atom. The summed E-state index contributed by atoms with van der Waals surface area (Å²) in [6.45, 7) is 2.87. The Labute approximate surface area is 139 Å². The van der Waals surface area contributed by atoms with Gasteiger partial charge in [-0.2, -0.15) is 0 Å². The molecular weight excluding hydrogens is 325 g/mol. The fourth-order valence-electron chi connectivity index (χ4n) is 3.08. The van der Waals surface area contributed by atoms with E-state index in [-0.39, 0.29) is 17.8 Å². The highest BCUT2D eigenvalue weighted by Gasteiger charge is 2.31. The van der Waals surface area contributed by atoms with Crippen LogP contribution in [-0.4, -0.2) is 25.0 Å². The highest BCUT2D eigenvalue weighted by Crippen LogP contribution is 2.39. The molecule has 1 fully saturated rings. The van der Waals surface area contributed by atoms with Crippen molar-refractivity contribution in [3.63, 3.8) is 0 Å². The Bertz CT molecular complexity index is 645. The minimum atomic E-state index is -0.224. The Hall–Kier alpha value is -1.26. The molecule has 3 rings (SSSR count).